The SMILES string of the molecule is Cc1c(C#N)cnc(N2CCCC(F)(F)CC2)c1C(=O)NC12CC(C(N)=O)(C1)C2. The zero-order valence-corrected chi connectivity index (χ0v) is 16.2. The van der Waals surface area contributed by atoms with Gasteiger partial charge in [0.2, 0.25) is 11.8 Å². The van der Waals surface area contributed by atoms with E-state index < -0.39 is 22.8 Å². The summed E-state index contributed by atoms with van der Waals surface area (Å²) in [6.07, 6.45) is 2.70. The van der Waals surface area contributed by atoms with Gasteiger partial charge in [0.15, 0.2) is 0 Å². The van der Waals surface area contributed by atoms with Crippen molar-refractivity contribution in [1.82, 2.24) is 10.3 Å². The van der Waals surface area contributed by atoms with E-state index in [1.165, 1.54) is 6.20 Å². The highest BCUT2D eigenvalue weighted by Gasteiger charge is 2.71. The van der Waals surface area contributed by atoms with Crippen LogP contribution in [0, 0.1) is 23.7 Å². The van der Waals surface area contributed by atoms with E-state index in [1.54, 1.807) is 11.8 Å². The lowest BCUT2D eigenvalue weighted by molar-refractivity contribution is -0.174. The Morgan fingerprint density at radius 1 is 1.28 bits per heavy atom. The molecule has 0 atom stereocenters. The van der Waals surface area contributed by atoms with Crippen LogP contribution in [-0.2, 0) is 4.79 Å². The Bertz CT molecular complexity index is 920. The number of primary amides is 1. The summed E-state index contributed by atoms with van der Waals surface area (Å²) in [4.78, 5) is 30.7. The molecule has 7 nitrogen and oxygen atoms in total. The first-order chi connectivity index (χ1) is 13.6. The second-order valence-corrected chi connectivity index (χ2v) is 8.71. The minimum atomic E-state index is -2.73. The number of nitrogens with one attached hydrogen (secondary N) is 1. The van der Waals surface area contributed by atoms with Gasteiger partial charge in [-0.25, -0.2) is 13.8 Å². The number of rotatable bonds is 4. The highest BCUT2D eigenvalue weighted by atomic mass is 19.3. The van der Waals surface area contributed by atoms with Crippen LogP contribution in [0.1, 0.15) is 60.0 Å². The van der Waals surface area contributed by atoms with Crippen molar-refractivity contribution >= 4 is 17.6 Å². The number of nitriles is 1. The molecule has 1 aromatic rings. The van der Waals surface area contributed by atoms with Crippen molar-refractivity contribution < 1.29 is 18.4 Å². The van der Waals surface area contributed by atoms with Crippen LogP contribution in [0.3, 0.4) is 0 Å². The number of alkyl halides is 2. The molecule has 0 unspecified atom stereocenters. The Morgan fingerprint density at radius 2 is 1.97 bits per heavy atom. The van der Waals surface area contributed by atoms with E-state index in [4.69, 9.17) is 5.73 Å². The van der Waals surface area contributed by atoms with Gasteiger partial charge in [-0.15, -0.1) is 0 Å². The molecule has 0 radical (unpaired) electrons. The fraction of sp³-hybridized carbons (Fsp3) is 0.600. The van der Waals surface area contributed by atoms with E-state index in [2.05, 4.69) is 10.3 Å². The minimum absolute atomic E-state index is 0.0849. The second-order valence-electron chi connectivity index (χ2n) is 8.71. The fourth-order valence-electron chi connectivity index (χ4n) is 4.97. The standard InChI is InChI=1S/C20H23F2N5O2/c1-12-13(7-23)8-25-15(27-5-2-3-20(21,22)4-6-27)14(12)16(28)26-19-9-18(10-19,11-19)17(24)29/h8H,2-6,9-11H2,1H3,(H2,24,29)(H,26,28). The number of carbonyl (C=O) groups excluding carboxylic acids is 2. The molecule has 2 amide bonds. The van der Waals surface area contributed by atoms with Crippen molar-refractivity contribution in [3.8, 4) is 6.07 Å². The summed E-state index contributed by atoms with van der Waals surface area (Å²) in [5.74, 6) is -3.14. The highest BCUT2D eigenvalue weighted by molar-refractivity contribution is 6.02. The third-order valence-corrected chi connectivity index (χ3v) is 6.62. The van der Waals surface area contributed by atoms with Gasteiger partial charge in [-0.05, 0) is 38.2 Å². The maximum Gasteiger partial charge on any atom is 0.255 e. The molecule has 1 aromatic heterocycles. The summed E-state index contributed by atoms with van der Waals surface area (Å²) in [6.45, 7) is 2.11. The topological polar surface area (TPSA) is 112 Å². The summed E-state index contributed by atoms with van der Waals surface area (Å²) in [6, 6.07) is 2.03. The summed E-state index contributed by atoms with van der Waals surface area (Å²) in [5.41, 5.74) is 5.45. The number of hydrogen-bond donors (Lipinski definition) is 2. The van der Waals surface area contributed by atoms with Gasteiger partial charge in [0, 0.05) is 37.7 Å². The third kappa shape index (κ3) is 3.11. The number of nitrogens with two attached hydrogens (primary N) is 1. The first-order valence-electron chi connectivity index (χ1n) is 9.75. The monoisotopic (exact) mass is 403 g/mol. The summed E-state index contributed by atoms with van der Waals surface area (Å²) >= 11 is 0. The quantitative estimate of drug-likeness (QED) is 0.799. The Balaban J connectivity index is 1.61. The molecule has 3 N–H and O–H groups in total. The van der Waals surface area contributed by atoms with E-state index in [0.717, 1.165) is 0 Å². The van der Waals surface area contributed by atoms with Crippen molar-refractivity contribution in [2.75, 3.05) is 18.0 Å². The van der Waals surface area contributed by atoms with Gasteiger partial charge in [-0.1, -0.05) is 0 Å². The van der Waals surface area contributed by atoms with E-state index >= 15 is 0 Å². The molecule has 0 aromatic carbocycles. The molecule has 1 aliphatic heterocycles. The van der Waals surface area contributed by atoms with Gasteiger partial charge in [0.25, 0.3) is 5.91 Å². The van der Waals surface area contributed by atoms with Gasteiger partial charge in [0.05, 0.1) is 16.5 Å². The van der Waals surface area contributed by atoms with E-state index in [1.807, 2.05) is 6.07 Å². The molecule has 4 fully saturated rings. The molecule has 154 valence electrons. The zero-order chi connectivity index (χ0) is 21.0. The van der Waals surface area contributed by atoms with Crippen molar-refractivity contribution in [3.63, 3.8) is 0 Å². The normalized spacial score (nSPS) is 29.7. The lowest BCUT2D eigenvalue weighted by Crippen LogP contribution is -2.78. The molecule has 3 saturated carbocycles. The van der Waals surface area contributed by atoms with Crippen LogP contribution in [0.25, 0.3) is 0 Å². The molecule has 4 aliphatic rings. The van der Waals surface area contributed by atoms with Crippen LogP contribution in [0.5, 0.6) is 0 Å². The highest BCUT2D eigenvalue weighted by Crippen LogP contribution is 2.67. The van der Waals surface area contributed by atoms with Crippen LogP contribution < -0.4 is 16.0 Å². The molecule has 2 heterocycles. The van der Waals surface area contributed by atoms with Crippen LogP contribution in [0.15, 0.2) is 6.20 Å². The predicted molar refractivity (Wildman–Crippen MR) is 100 cm³/mol. The molecule has 2 bridgehead atoms. The number of carbonyl (C=O) groups is 2. The van der Waals surface area contributed by atoms with Crippen molar-refractivity contribution in [2.24, 2.45) is 11.1 Å². The number of pyridine rings is 1. The molecule has 3 aliphatic carbocycles. The number of amides is 2. The summed E-state index contributed by atoms with van der Waals surface area (Å²) in [5, 5.41) is 12.3. The molecule has 29 heavy (non-hydrogen) atoms. The van der Waals surface area contributed by atoms with Crippen molar-refractivity contribution in [3.05, 3.63) is 22.9 Å². The maximum atomic E-state index is 13.8. The minimum Gasteiger partial charge on any atom is -0.369 e. The van der Waals surface area contributed by atoms with Crippen LogP contribution in [0.2, 0.25) is 0 Å². The number of aromatic nitrogens is 1. The lowest BCUT2D eigenvalue weighted by atomic mass is 9.39. The number of halogens is 2. The van der Waals surface area contributed by atoms with Crippen molar-refractivity contribution in [1.29, 1.82) is 5.26 Å². The van der Waals surface area contributed by atoms with Gasteiger partial charge < -0.3 is 16.0 Å². The lowest BCUT2D eigenvalue weighted by Gasteiger charge is -2.68. The zero-order valence-electron chi connectivity index (χ0n) is 16.2. The first-order valence-corrected chi connectivity index (χ1v) is 9.75. The van der Waals surface area contributed by atoms with E-state index in [9.17, 15) is 23.6 Å². The summed E-state index contributed by atoms with van der Waals surface area (Å²) < 4.78 is 27.6. The Morgan fingerprint density at radius 3 is 2.59 bits per heavy atom. The first kappa shape index (κ1) is 19.6. The molecule has 9 heteroatoms. The predicted octanol–water partition coefficient (Wildman–Crippen LogP) is 2.03. The number of hydrogen-bond acceptors (Lipinski definition) is 5. The van der Waals surface area contributed by atoms with Gasteiger partial charge in [0.1, 0.15) is 11.9 Å². The number of anilines is 1. The molecule has 1 saturated heterocycles. The second kappa shape index (κ2) is 6.37. The Hall–Kier alpha value is -2.76. The molecule has 0 spiro atoms. The van der Waals surface area contributed by atoms with Crippen LogP contribution in [-0.4, -0.2) is 41.3 Å². The smallest absolute Gasteiger partial charge is 0.255 e. The Kier molecular flexibility index (Phi) is 4.30. The van der Waals surface area contributed by atoms with E-state index in [-0.39, 0.29) is 36.4 Å². The van der Waals surface area contributed by atoms with Gasteiger partial charge in [-0.2, -0.15) is 5.26 Å². The van der Waals surface area contributed by atoms with Crippen LogP contribution >= 0.6 is 0 Å². The van der Waals surface area contributed by atoms with Gasteiger partial charge in [-0.3, -0.25) is 9.59 Å². The molecular formula is C20H23F2N5O2. The molecular weight excluding hydrogens is 380 g/mol. The van der Waals surface area contributed by atoms with Crippen molar-refractivity contribution in [2.45, 2.75) is 56.9 Å². The van der Waals surface area contributed by atoms with Crippen LogP contribution in [0.4, 0.5) is 14.6 Å². The maximum absolute atomic E-state index is 13.8. The fourth-order valence-corrected chi connectivity index (χ4v) is 4.97. The van der Waals surface area contributed by atoms with Gasteiger partial charge >= 0.3 is 0 Å². The average molecular weight is 403 g/mol. The largest absolute Gasteiger partial charge is 0.369 e. The third-order valence-electron chi connectivity index (χ3n) is 6.62. The number of nitrogens with zero attached hydrogens (tertiary/aromatic N) is 3. The summed E-state index contributed by atoms with van der Waals surface area (Å²) in [7, 11) is 0. The van der Waals surface area contributed by atoms with E-state index in [0.29, 0.717) is 43.6 Å². The Labute approximate surface area is 167 Å². The average Bonchev–Trinajstić information content (AvgIpc) is 2.76. The molecule has 5 rings (SSSR count).